The second kappa shape index (κ2) is 7.40. The number of hydrogen-bond donors (Lipinski definition) is 2. The van der Waals surface area contributed by atoms with Gasteiger partial charge in [0.2, 0.25) is 17.7 Å². The third kappa shape index (κ3) is 4.91. The van der Waals surface area contributed by atoms with Gasteiger partial charge in [-0.2, -0.15) is 0 Å². The largest absolute Gasteiger partial charge is 0.326 e. The summed E-state index contributed by atoms with van der Waals surface area (Å²) in [6, 6.07) is 7.44. The molecule has 0 radical (unpaired) electrons. The normalized spacial score (nSPS) is 18.9. The van der Waals surface area contributed by atoms with Crippen LogP contribution in [0.4, 0.5) is 5.69 Å². The number of carbonyl (C=O) groups is 3. The second-order valence-corrected chi connectivity index (χ2v) is 6.69. The van der Waals surface area contributed by atoms with Crippen LogP contribution in [-0.4, -0.2) is 17.7 Å². The van der Waals surface area contributed by atoms with Crippen molar-refractivity contribution in [3.8, 4) is 0 Å². The highest BCUT2D eigenvalue weighted by Gasteiger charge is 2.30. The average molecular weight is 316 g/mol. The minimum Gasteiger partial charge on any atom is -0.326 e. The molecule has 1 aromatic rings. The number of imide groups is 1. The molecule has 1 aliphatic heterocycles. The maximum Gasteiger partial charge on any atom is 0.230 e. The molecule has 5 heteroatoms. The number of anilines is 1. The van der Waals surface area contributed by atoms with E-state index in [2.05, 4.69) is 31.4 Å². The SMILES string of the molecule is CC(C)[C@@H](C)CC(=O)Nc1ccc(C[C@@H]2CC(=O)NC2=O)cc1. The summed E-state index contributed by atoms with van der Waals surface area (Å²) in [7, 11) is 0. The highest BCUT2D eigenvalue weighted by atomic mass is 16.2. The van der Waals surface area contributed by atoms with Gasteiger partial charge in [0.25, 0.3) is 0 Å². The van der Waals surface area contributed by atoms with Crippen LogP contribution >= 0.6 is 0 Å². The lowest BCUT2D eigenvalue weighted by atomic mass is 9.94. The Kier molecular flexibility index (Phi) is 5.53. The first-order chi connectivity index (χ1) is 10.8. The topological polar surface area (TPSA) is 75.3 Å². The van der Waals surface area contributed by atoms with Crippen LogP contribution in [0.1, 0.15) is 39.2 Å². The van der Waals surface area contributed by atoms with Crippen LogP contribution in [0.3, 0.4) is 0 Å². The van der Waals surface area contributed by atoms with Crippen molar-refractivity contribution in [3.05, 3.63) is 29.8 Å². The Bertz CT molecular complexity index is 593. The lowest BCUT2D eigenvalue weighted by Crippen LogP contribution is -2.22. The molecular formula is C18H24N2O3. The van der Waals surface area contributed by atoms with E-state index in [1.807, 2.05) is 24.3 Å². The molecule has 5 nitrogen and oxygen atoms in total. The molecule has 2 N–H and O–H groups in total. The molecule has 0 bridgehead atoms. The van der Waals surface area contributed by atoms with Gasteiger partial charge >= 0.3 is 0 Å². The van der Waals surface area contributed by atoms with Crippen LogP contribution in [0, 0.1) is 17.8 Å². The van der Waals surface area contributed by atoms with Gasteiger partial charge in [-0.25, -0.2) is 0 Å². The highest BCUT2D eigenvalue weighted by molar-refractivity contribution is 6.03. The summed E-state index contributed by atoms with van der Waals surface area (Å²) in [5, 5.41) is 5.21. The molecule has 23 heavy (non-hydrogen) atoms. The molecule has 0 saturated carbocycles. The summed E-state index contributed by atoms with van der Waals surface area (Å²) in [6.07, 6.45) is 1.30. The second-order valence-electron chi connectivity index (χ2n) is 6.69. The van der Waals surface area contributed by atoms with Crippen molar-refractivity contribution in [2.24, 2.45) is 17.8 Å². The molecule has 1 aromatic carbocycles. The van der Waals surface area contributed by atoms with Crippen LogP contribution < -0.4 is 10.6 Å². The first-order valence-electron chi connectivity index (χ1n) is 8.07. The molecule has 1 heterocycles. The number of benzene rings is 1. The van der Waals surface area contributed by atoms with Gasteiger partial charge in [-0.1, -0.05) is 32.9 Å². The van der Waals surface area contributed by atoms with Gasteiger partial charge in [0.15, 0.2) is 0 Å². The quantitative estimate of drug-likeness (QED) is 0.792. The summed E-state index contributed by atoms with van der Waals surface area (Å²) in [5.41, 5.74) is 1.73. The Hall–Kier alpha value is -2.17. The first kappa shape index (κ1) is 17.2. The molecule has 3 amide bonds. The van der Waals surface area contributed by atoms with Gasteiger partial charge < -0.3 is 5.32 Å². The van der Waals surface area contributed by atoms with E-state index < -0.39 is 0 Å². The standard InChI is InChI=1S/C18H24N2O3/c1-11(2)12(3)8-16(21)19-15-6-4-13(5-7-15)9-14-10-17(22)20-18(14)23/h4-7,11-12,14H,8-10H2,1-3H3,(H,19,21)(H,20,22,23)/t12-,14+/m0/s1. The van der Waals surface area contributed by atoms with Crippen LogP contribution in [0.5, 0.6) is 0 Å². The number of hydrogen-bond acceptors (Lipinski definition) is 3. The summed E-state index contributed by atoms with van der Waals surface area (Å²) in [4.78, 5) is 34.7. The van der Waals surface area contributed by atoms with Crippen molar-refractivity contribution in [2.75, 3.05) is 5.32 Å². The first-order valence-corrected chi connectivity index (χ1v) is 8.07. The van der Waals surface area contributed by atoms with Crippen molar-refractivity contribution in [1.29, 1.82) is 0 Å². The fraction of sp³-hybridized carbons (Fsp3) is 0.500. The molecular weight excluding hydrogens is 292 g/mol. The molecule has 2 rings (SSSR count). The Morgan fingerprint density at radius 3 is 2.39 bits per heavy atom. The van der Waals surface area contributed by atoms with Crippen LogP contribution in [-0.2, 0) is 20.8 Å². The zero-order valence-electron chi connectivity index (χ0n) is 13.9. The molecule has 0 spiro atoms. The van der Waals surface area contributed by atoms with Gasteiger partial charge in [0.1, 0.15) is 0 Å². The minimum absolute atomic E-state index is 0.0136. The van der Waals surface area contributed by atoms with Crippen LogP contribution in [0.25, 0.3) is 0 Å². The maximum atomic E-state index is 12.0. The van der Waals surface area contributed by atoms with E-state index in [-0.39, 0.29) is 30.1 Å². The Balaban J connectivity index is 1.88. The summed E-state index contributed by atoms with van der Waals surface area (Å²) >= 11 is 0. The van der Waals surface area contributed by atoms with Crippen molar-refractivity contribution in [2.45, 2.75) is 40.0 Å². The Labute approximate surface area is 136 Å². The molecule has 2 atom stereocenters. The zero-order chi connectivity index (χ0) is 17.0. The maximum absolute atomic E-state index is 12.0. The monoisotopic (exact) mass is 316 g/mol. The summed E-state index contributed by atoms with van der Waals surface area (Å²) in [6.45, 7) is 6.29. The summed E-state index contributed by atoms with van der Waals surface area (Å²) < 4.78 is 0. The lowest BCUT2D eigenvalue weighted by molar-refractivity contribution is -0.125. The Morgan fingerprint density at radius 1 is 1.22 bits per heavy atom. The highest BCUT2D eigenvalue weighted by Crippen LogP contribution is 2.20. The van der Waals surface area contributed by atoms with E-state index >= 15 is 0 Å². The fourth-order valence-corrected chi connectivity index (χ4v) is 2.52. The van der Waals surface area contributed by atoms with Crippen molar-refractivity contribution >= 4 is 23.4 Å². The molecule has 0 aliphatic carbocycles. The van der Waals surface area contributed by atoms with Crippen LogP contribution in [0.15, 0.2) is 24.3 Å². The summed E-state index contributed by atoms with van der Waals surface area (Å²) in [5.74, 6) is 0.142. The van der Waals surface area contributed by atoms with Crippen molar-refractivity contribution in [1.82, 2.24) is 5.32 Å². The van der Waals surface area contributed by atoms with Crippen LogP contribution in [0.2, 0.25) is 0 Å². The molecule has 1 fully saturated rings. The van der Waals surface area contributed by atoms with Gasteiger partial charge in [0.05, 0.1) is 5.92 Å². The molecule has 1 aliphatic rings. The minimum atomic E-state index is -0.283. The molecule has 124 valence electrons. The van der Waals surface area contributed by atoms with E-state index in [0.717, 1.165) is 11.3 Å². The molecule has 0 aromatic heterocycles. The third-order valence-corrected chi connectivity index (χ3v) is 4.43. The number of carbonyl (C=O) groups excluding carboxylic acids is 3. The molecule has 0 unspecified atom stereocenters. The molecule has 1 saturated heterocycles. The van der Waals surface area contributed by atoms with Crippen molar-refractivity contribution < 1.29 is 14.4 Å². The zero-order valence-corrected chi connectivity index (χ0v) is 13.9. The van der Waals surface area contributed by atoms with Gasteiger partial charge in [0, 0.05) is 18.5 Å². The number of amides is 3. The van der Waals surface area contributed by atoms with Gasteiger partial charge in [-0.3, -0.25) is 19.7 Å². The average Bonchev–Trinajstić information content (AvgIpc) is 2.78. The van der Waals surface area contributed by atoms with Crippen molar-refractivity contribution in [3.63, 3.8) is 0 Å². The van der Waals surface area contributed by atoms with E-state index in [9.17, 15) is 14.4 Å². The number of rotatable bonds is 6. The smallest absolute Gasteiger partial charge is 0.230 e. The predicted octanol–water partition coefficient (Wildman–Crippen LogP) is 2.51. The van der Waals surface area contributed by atoms with E-state index in [1.54, 1.807) is 0 Å². The van der Waals surface area contributed by atoms with E-state index in [1.165, 1.54) is 0 Å². The lowest BCUT2D eigenvalue weighted by Gasteiger charge is -2.15. The predicted molar refractivity (Wildman–Crippen MR) is 88.7 cm³/mol. The number of nitrogens with one attached hydrogen (secondary N) is 2. The van der Waals surface area contributed by atoms with E-state index in [4.69, 9.17) is 0 Å². The van der Waals surface area contributed by atoms with Gasteiger partial charge in [-0.15, -0.1) is 0 Å². The fourth-order valence-electron chi connectivity index (χ4n) is 2.52. The van der Waals surface area contributed by atoms with E-state index in [0.29, 0.717) is 24.7 Å². The van der Waals surface area contributed by atoms with Gasteiger partial charge in [-0.05, 0) is 36.0 Å². The Morgan fingerprint density at radius 2 is 1.87 bits per heavy atom. The third-order valence-electron chi connectivity index (χ3n) is 4.43.